The molecule has 0 aliphatic heterocycles. The van der Waals surface area contributed by atoms with E-state index in [9.17, 15) is 9.18 Å². The van der Waals surface area contributed by atoms with Crippen molar-refractivity contribution in [2.45, 2.75) is 13.0 Å². The van der Waals surface area contributed by atoms with Gasteiger partial charge in [-0.25, -0.2) is 9.18 Å². The van der Waals surface area contributed by atoms with Gasteiger partial charge in [-0.15, -0.1) is 0 Å². The molecule has 2 aromatic heterocycles. The molecule has 0 fully saturated rings. The second-order valence-electron chi connectivity index (χ2n) is 4.87. The Morgan fingerprint density at radius 2 is 2.21 bits per heavy atom. The number of esters is 1. The second-order valence-corrected chi connectivity index (χ2v) is 5.31. The summed E-state index contributed by atoms with van der Waals surface area (Å²) >= 11 is 5.65. The fourth-order valence-electron chi connectivity index (χ4n) is 1.94. The van der Waals surface area contributed by atoms with Crippen LogP contribution in [0.15, 0.2) is 47.2 Å². The lowest BCUT2D eigenvalue weighted by molar-refractivity contribution is 0.0260. The molecule has 6 nitrogen and oxygen atoms in total. The number of hydrogen-bond acceptors (Lipinski definition) is 6. The van der Waals surface area contributed by atoms with E-state index in [1.54, 1.807) is 31.5 Å². The molecule has 0 aliphatic carbocycles. The number of hydrogen-bond donors (Lipinski definition) is 0. The number of aromatic nitrogens is 3. The fourth-order valence-corrected chi connectivity index (χ4v) is 2.10. The van der Waals surface area contributed by atoms with Crippen molar-refractivity contribution in [3.63, 3.8) is 0 Å². The molecule has 0 aliphatic rings. The van der Waals surface area contributed by atoms with Gasteiger partial charge in [0, 0.05) is 23.0 Å². The van der Waals surface area contributed by atoms with Gasteiger partial charge in [-0.2, -0.15) is 4.98 Å². The van der Waals surface area contributed by atoms with Crippen molar-refractivity contribution in [1.29, 1.82) is 0 Å². The van der Waals surface area contributed by atoms with Crippen LogP contribution in [-0.2, 0) is 4.74 Å². The molecule has 0 radical (unpaired) electrons. The molecular weight excluding hydrogens is 337 g/mol. The van der Waals surface area contributed by atoms with Crippen LogP contribution in [0.5, 0.6) is 0 Å². The quantitative estimate of drug-likeness (QED) is 0.667. The molecule has 122 valence electrons. The average Bonchev–Trinajstić information content (AvgIpc) is 3.05. The third-order valence-corrected chi connectivity index (χ3v) is 3.38. The lowest BCUT2D eigenvalue weighted by Gasteiger charge is -2.09. The van der Waals surface area contributed by atoms with Gasteiger partial charge >= 0.3 is 5.97 Å². The smallest absolute Gasteiger partial charge is 0.341 e. The highest BCUT2D eigenvalue weighted by atomic mass is 35.5. The van der Waals surface area contributed by atoms with Crippen LogP contribution in [0.1, 0.15) is 29.3 Å². The standard InChI is InChI=1S/C16H11ClFN3O3/c1-9(23-16(22)12-5-4-11(17)7-13(12)18)15-20-14(21-24-15)10-3-2-6-19-8-10/h2-9H,1H3/t9-/m1/s1. The predicted molar refractivity (Wildman–Crippen MR) is 82.8 cm³/mol. The third-order valence-electron chi connectivity index (χ3n) is 3.14. The number of nitrogens with zero attached hydrogens (tertiary/aromatic N) is 3. The topological polar surface area (TPSA) is 78.1 Å². The van der Waals surface area contributed by atoms with Gasteiger partial charge in [-0.05, 0) is 37.3 Å². The molecule has 0 unspecified atom stereocenters. The summed E-state index contributed by atoms with van der Waals surface area (Å²) in [4.78, 5) is 20.1. The number of halogens is 2. The minimum Gasteiger partial charge on any atom is -0.449 e. The van der Waals surface area contributed by atoms with Gasteiger partial charge in [0.2, 0.25) is 5.82 Å². The van der Waals surface area contributed by atoms with E-state index >= 15 is 0 Å². The molecule has 24 heavy (non-hydrogen) atoms. The molecular formula is C16H11ClFN3O3. The first-order valence-corrected chi connectivity index (χ1v) is 7.32. The van der Waals surface area contributed by atoms with Crippen LogP contribution in [0.25, 0.3) is 11.4 Å². The Hall–Kier alpha value is -2.80. The van der Waals surface area contributed by atoms with Crippen molar-refractivity contribution in [1.82, 2.24) is 15.1 Å². The molecule has 3 aromatic rings. The molecule has 3 rings (SSSR count). The summed E-state index contributed by atoms with van der Waals surface area (Å²) in [6.45, 7) is 1.55. The number of ether oxygens (including phenoxy) is 1. The van der Waals surface area contributed by atoms with Gasteiger partial charge in [-0.1, -0.05) is 16.8 Å². The number of pyridine rings is 1. The van der Waals surface area contributed by atoms with Gasteiger partial charge in [0.1, 0.15) is 5.82 Å². The summed E-state index contributed by atoms with van der Waals surface area (Å²) in [6.07, 6.45) is 2.36. The monoisotopic (exact) mass is 347 g/mol. The Morgan fingerprint density at radius 3 is 2.92 bits per heavy atom. The van der Waals surface area contributed by atoms with Gasteiger partial charge in [-0.3, -0.25) is 4.98 Å². The van der Waals surface area contributed by atoms with Crippen molar-refractivity contribution in [3.8, 4) is 11.4 Å². The van der Waals surface area contributed by atoms with Crippen molar-refractivity contribution >= 4 is 17.6 Å². The highest BCUT2D eigenvalue weighted by Gasteiger charge is 2.22. The van der Waals surface area contributed by atoms with E-state index in [2.05, 4.69) is 15.1 Å². The molecule has 0 bridgehead atoms. The van der Waals surface area contributed by atoms with E-state index in [1.807, 2.05) is 0 Å². The zero-order chi connectivity index (χ0) is 17.1. The maximum atomic E-state index is 13.7. The van der Waals surface area contributed by atoms with Gasteiger partial charge in [0.05, 0.1) is 5.56 Å². The Balaban J connectivity index is 1.74. The first-order valence-electron chi connectivity index (χ1n) is 6.94. The molecule has 0 N–H and O–H groups in total. The maximum Gasteiger partial charge on any atom is 0.341 e. The average molecular weight is 348 g/mol. The first-order chi connectivity index (χ1) is 11.5. The number of carbonyl (C=O) groups is 1. The van der Waals surface area contributed by atoms with Gasteiger partial charge in [0.15, 0.2) is 6.10 Å². The van der Waals surface area contributed by atoms with Crippen molar-refractivity contribution < 1.29 is 18.4 Å². The molecule has 0 amide bonds. The molecule has 0 saturated heterocycles. The number of carbonyl (C=O) groups excluding carboxylic acids is 1. The fraction of sp³-hybridized carbons (Fsp3) is 0.125. The Kier molecular flexibility index (Phi) is 4.52. The van der Waals surface area contributed by atoms with Crippen LogP contribution in [-0.4, -0.2) is 21.1 Å². The predicted octanol–water partition coefficient (Wildman–Crippen LogP) is 3.84. The maximum absolute atomic E-state index is 13.7. The van der Waals surface area contributed by atoms with Crippen LogP contribution in [0.2, 0.25) is 5.02 Å². The van der Waals surface area contributed by atoms with Crippen molar-refractivity contribution in [3.05, 3.63) is 65.0 Å². The van der Waals surface area contributed by atoms with E-state index in [-0.39, 0.29) is 16.5 Å². The van der Waals surface area contributed by atoms with E-state index in [0.29, 0.717) is 11.4 Å². The zero-order valence-electron chi connectivity index (χ0n) is 12.4. The van der Waals surface area contributed by atoms with E-state index in [0.717, 1.165) is 6.07 Å². The largest absolute Gasteiger partial charge is 0.449 e. The highest BCUT2D eigenvalue weighted by Crippen LogP contribution is 2.22. The van der Waals surface area contributed by atoms with E-state index in [4.69, 9.17) is 20.9 Å². The third kappa shape index (κ3) is 3.41. The molecule has 8 heteroatoms. The first kappa shape index (κ1) is 16.1. The summed E-state index contributed by atoms with van der Waals surface area (Å²) in [5.74, 6) is -1.20. The van der Waals surface area contributed by atoms with Crippen LogP contribution in [0, 0.1) is 5.82 Å². The van der Waals surface area contributed by atoms with Crippen LogP contribution in [0.4, 0.5) is 4.39 Å². The summed E-state index contributed by atoms with van der Waals surface area (Å²) in [7, 11) is 0. The zero-order valence-corrected chi connectivity index (χ0v) is 13.2. The normalized spacial score (nSPS) is 12.0. The summed E-state index contributed by atoms with van der Waals surface area (Å²) < 4.78 is 24.0. The van der Waals surface area contributed by atoms with Crippen molar-refractivity contribution in [2.75, 3.05) is 0 Å². The number of rotatable bonds is 4. The van der Waals surface area contributed by atoms with Gasteiger partial charge < -0.3 is 9.26 Å². The summed E-state index contributed by atoms with van der Waals surface area (Å²) in [6, 6.07) is 7.19. The van der Waals surface area contributed by atoms with Crippen LogP contribution in [0.3, 0.4) is 0 Å². The minimum absolute atomic E-state index is 0.0941. The molecule has 2 heterocycles. The Morgan fingerprint density at radius 1 is 1.38 bits per heavy atom. The number of benzene rings is 1. The lowest BCUT2D eigenvalue weighted by atomic mass is 10.2. The van der Waals surface area contributed by atoms with Crippen molar-refractivity contribution in [2.24, 2.45) is 0 Å². The minimum atomic E-state index is -0.849. The van der Waals surface area contributed by atoms with Gasteiger partial charge in [0.25, 0.3) is 5.89 Å². The Bertz CT molecular complexity index is 870. The molecule has 0 saturated carbocycles. The molecule has 0 spiro atoms. The molecule has 1 aromatic carbocycles. The van der Waals surface area contributed by atoms with Crippen LogP contribution < -0.4 is 0 Å². The lowest BCUT2D eigenvalue weighted by Crippen LogP contribution is -2.11. The summed E-state index contributed by atoms with van der Waals surface area (Å²) in [5, 5.41) is 4.00. The van der Waals surface area contributed by atoms with E-state index in [1.165, 1.54) is 12.1 Å². The molecule has 1 atom stereocenters. The summed E-state index contributed by atoms with van der Waals surface area (Å²) in [5.41, 5.74) is 0.438. The second kappa shape index (κ2) is 6.76. The van der Waals surface area contributed by atoms with E-state index < -0.39 is 17.9 Å². The Labute approximate surface area is 141 Å². The highest BCUT2D eigenvalue weighted by molar-refractivity contribution is 6.30. The SMILES string of the molecule is C[C@@H](OC(=O)c1ccc(Cl)cc1F)c1nc(-c2cccnc2)no1. The van der Waals surface area contributed by atoms with Crippen LogP contribution >= 0.6 is 11.6 Å².